The number of hydrogen-bond donors (Lipinski definition) is 2. The number of phosphoric ester groups is 1. The highest BCUT2D eigenvalue weighted by molar-refractivity contribution is 7.46. The first-order valence-electron chi connectivity index (χ1n) is 20.0. The highest BCUT2D eigenvalue weighted by Crippen LogP contribution is 2.36. The van der Waals surface area contributed by atoms with E-state index in [9.17, 15) is 14.2 Å². The molecule has 2 unspecified atom stereocenters. The van der Waals surface area contributed by atoms with Gasteiger partial charge in [-0.1, -0.05) is 135 Å². The van der Waals surface area contributed by atoms with E-state index in [2.05, 4.69) is 116 Å². The van der Waals surface area contributed by atoms with Gasteiger partial charge in [-0.3, -0.25) is 14.1 Å². The molecule has 0 saturated carbocycles. The van der Waals surface area contributed by atoms with Crippen LogP contribution < -0.4 is 0 Å². The van der Waals surface area contributed by atoms with E-state index in [-0.39, 0.29) is 19.4 Å². The molecular weight excluding hydrogens is 715 g/mol. The van der Waals surface area contributed by atoms with Gasteiger partial charge in [0.15, 0.2) is 6.10 Å². The molecule has 55 heavy (non-hydrogen) atoms. The van der Waals surface area contributed by atoms with E-state index in [4.69, 9.17) is 24.0 Å². The maximum atomic E-state index is 12.4. The summed E-state index contributed by atoms with van der Waals surface area (Å²) in [4.78, 5) is 42.8. The summed E-state index contributed by atoms with van der Waals surface area (Å²) in [6, 6.07) is 0. The Morgan fingerprint density at radius 3 is 1.47 bits per heavy atom. The number of phosphoric acid groups is 1. The van der Waals surface area contributed by atoms with Gasteiger partial charge in [0.1, 0.15) is 6.61 Å². The monoisotopic (exact) mass is 782 g/mol. The zero-order valence-corrected chi connectivity index (χ0v) is 34.1. The van der Waals surface area contributed by atoms with Gasteiger partial charge in [-0.05, 0) is 89.9 Å². The summed E-state index contributed by atoms with van der Waals surface area (Å²) in [6.07, 6.45) is 54.1. The summed E-state index contributed by atoms with van der Waals surface area (Å²) in [6.45, 7) is 3.31. The van der Waals surface area contributed by atoms with Crippen LogP contribution in [0.2, 0.25) is 0 Å². The normalized spacial score (nSPS) is 17.5. The molecule has 10 heteroatoms. The lowest BCUT2D eigenvalue weighted by atomic mass is 10.1. The fraction of sp³-hybridized carbons (Fsp3) is 0.511. The van der Waals surface area contributed by atoms with E-state index >= 15 is 0 Å². The Hall–Kier alpha value is -3.59. The summed E-state index contributed by atoms with van der Waals surface area (Å²) >= 11 is 0. The average molecular weight is 783 g/mol. The summed E-state index contributed by atoms with van der Waals surface area (Å²) < 4.78 is 31.9. The van der Waals surface area contributed by atoms with Gasteiger partial charge in [-0.15, -0.1) is 0 Å². The quantitative estimate of drug-likeness (QED) is 0.0219. The van der Waals surface area contributed by atoms with Crippen molar-refractivity contribution in [3.63, 3.8) is 0 Å². The maximum absolute atomic E-state index is 12.4. The minimum Gasteiger partial charge on any atom is -0.462 e. The highest BCUT2D eigenvalue weighted by atomic mass is 31.2. The predicted octanol–water partition coefficient (Wildman–Crippen LogP) is 11.2. The number of hydrogen-bond acceptors (Lipinski definition) is 7. The molecule has 1 heterocycles. The van der Waals surface area contributed by atoms with Crippen LogP contribution in [-0.4, -0.2) is 53.3 Å². The minimum absolute atomic E-state index is 0.0630. The molecule has 1 aliphatic heterocycles. The largest absolute Gasteiger partial charge is 0.469 e. The van der Waals surface area contributed by atoms with Crippen molar-refractivity contribution in [1.29, 1.82) is 0 Å². The number of epoxide rings is 1. The number of carbonyl (C=O) groups excluding carboxylic acids is 2. The van der Waals surface area contributed by atoms with E-state index in [1.54, 1.807) is 0 Å². The zero-order chi connectivity index (χ0) is 40.1. The van der Waals surface area contributed by atoms with Gasteiger partial charge >= 0.3 is 19.8 Å². The lowest BCUT2D eigenvalue weighted by molar-refractivity contribution is -0.161. The van der Waals surface area contributed by atoms with E-state index in [0.29, 0.717) is 31.5 Å². The Kier molecular flexibility index (Phi) is 31.3. The van der Waals surface area contributed by atoms with Crippen LogP contribution in [0.4, 0.5) is 0 Å². The number of unbranched alkanes of at least 4 members (excludes halogenated alkanes) is 1. The Morgan fingerprint density at radius 2 is 0.982 bits per heavy atom. The van der Waals surface area contributed by atoms with Crippen LogP contribution in [-0.2, 0) is 32.9 Å². The van der Waals surface area contributed by atoms with Gasteiger partial charge in [0, 0.05) is 12.8 Å². The van der Waals surface area contributed by atoms with Crippen molar-refractivity contribution < 1.29 is 42.7 Å². The first kappa shape index (κ1) is 49.4. The summed E-state index contributed by atoms with van der Waals surface area (Å²) in [7, 11) is -4.80. The molecule has 2 N–H and O–H groups in total. The van der Waals surface area contributed by atoms with Crippen LogP contribution in [0.25, 0.3) is 0 Å². The first-order valence-corrected chi connectivity index (χ1v) is 21.5. The molecular formula is C45H67O9P. The molecule has 9 nitrogen and oxygen atoms in total. The summed E-state index contributed by atoms with van der Waals surface area (Å²) in [5, 5.41) is 0. The van der Waals surface area contributed by atoms with Crippen molar-refractivity contribution in [3.05, 3.63) is 122 Å². The van der Waals surface area contributed by atoms with Crippen molar-refractivity contribution in [1.82, 2.24) is 0 Å². The topological polar surface area (TPSA) is 132 Å². The van der Waals surface area contributed by atoms with Crippen molar-refractivity contribution in [2.24, 2.45) is 0 Å². The minimum atomic E-state index is -4.80. The SMILES string of the molecule is CC/C=C\C/C=C\C/C=C\C/C=C\C/C=C\CCCC(=O)OC[C@H](COP(=O)(O)O)OC(=O)CC/C=C\C/C=C\C/C=C\C/C=C\CC1OC1C/C=C\CC. The average Bonchev–Trinajstić information content (AvgIpc) is 3.91. The molecule has 306 valence electrons. The van der Waals surface area contributed by atoms with Gasteiger partial charge in [0.05, 0.1) is 18.8 Å². The molecule has 1 fully saturated rings. The lowest BCUT2D eigenvalue weighted by Crippen LogP contribution is -2.29. The molecule has 0 aliphatic carbocycles. The summed E-state index contributed by atoms with van der Waals surface area (Å²) in [5.74, 6) is -1.07. The number of esters is 2. The Balaban J connectivity index is 2.19. The third kappa shape index (κ3) is 34.6. The van der Waals surface area contributed by atoms with Crippen molar-refractivity contribution in [3.8, 4) is 0 Å². The molecule has 0 aromatic carbocycles. The second kappa shape index (κ2) is 34.9. The van der Waals surface area contributed by atoms with E-state index in [0.717, 1.165) is 70.6 Å². The second-order valence-electron chi connectivity index (χ2n) is 12.9. The molecule has 1 saturated heterocycles. The number of ether oxygens (including phenoxy) is 3. The third-order valence-corrected chi connectivity index (χ3v) is 8.38. The Labute approximate surface area is 331 Å². The van der Waals surface area contributed by atoms with Crippen LogP contribution in [0.15, 0.2) is 122 Å². The maximum Gasteiger partial charge on any atom is 0.469 e. The standard InChI is InChI=1S/C45H67O9P/c1-3-5-7-8-9-10-11-12-13-14-15-16-20-23-26-29-33-37-44(46)51-39-41(40-52-55(48,49)50)53-45(47)38-34-30-27-24-21-18-17-19-22-25-28-32-36-43-42(54-43)35-31-6-4-2/h5-7,9-10,12-13,15-16,18-19,21-23,26-28,30-32,41-43H,3-4,8,11,14,17,20,24-25,29,33-40H2,1-2H3,(H2,48,49,50)/b7-5-,10-9-,13-12-,16-15-,21-18-,22-19-,26-23-,30-27-,31-6-,32-28-/t41-,42?,43?/m1/s1. The molecule has 0 spiro atoms. The first-order chi connectivity index (χ1) is 26.7. The fourth-order valence-electron chi connectivity index (χ4n) is 4.89. The van der Waals surface area contributed by atoms with E-state index in [1.807, 2.05) is 24.3 Å². The predicted molar refractivity (Wildman–Crippen MR) is 224 cm³/mol. The van der Waals surface area contributed by atoms with Crippen LogP contribution in [0.5, 0.6) is 0 Å². The van der Waals surface area contributed by atoms with Gasteiger partial charge < -0.3 is 24.0 Å². The lowest BCUT2D eigenvalue weighted by Gasteiger charge is -2.18. The van der Waals surface area contributed by atoms with E-state index < -0.39 is 32.5 Å². The van der Waals surface area contributed by atoms with Crippen molar-refractivity contribution >= 4 is 19.8 Å². The van der Waals surface area contributed by atoms with Gasteiger partial charge in [0.2, 0.25) is 0 Å². The fourth-order valence-corrected chi connectivity index (χ4v) is 5.25. The molecule has 1 rings (SSSR count). The summed E-state index contributed by atoms with van der Waals surface area (Å²) in [5.41, 5.74) is 0. The molecule has 0 radical (unpaired) electrons. The highest BCUT2D eigenvalue weighted by Gasteiger charge is 2.35. The van der Waals surface area contributed by atoms with Gasteiger partial charge in [-0.2, -0.15) is 0 Å². The van der Waals surface area contributed by atoms with Crippen molar-refractivity contribution in [2.45, 2.75) is 135 Å². The van der Waals surface area contributed by atoms with Crippen molar-refractivity contribution in [2.75, 3.05) is 13.2 Å². The second-order valence-corrected chi connectivity index (χ2v) is 14.1. The molecule has 0 aromatic heterocycles. The zero-order valence-electron chi connectivity index (χ0n) is 33.2. The van der Waals surface area contributed by atoms with E-state index in [1.165, 1.54) is 0 Å². The van der Waals surface area contributed by atoms with Crippen LogP contribution in [0, 0.1) is 0 Å². The molecule has 0 amide bonds. The molecule has 0 bridgehead atoms. The third-order valence-electron chi connectivity index (χ3n) is 7.89. The number of rotatable bonds is 33. The number of allylic oxidation sites excluding steroid dienone is 18. The van der Waals surface area contributed by atoms with Gasteiger partial charge in [0.25, 0.3) is 0 Å². The molecule has 1 aliphatic rings. The van der Waals surface area contributed by atoms with Gasteiger partial charge in [-0.25, -0.2) is 4.57 Å². The smallest absolute Gasteiger partial charge is 0.462 e. The Morgan fingerprint density at radius 1 is 0.564 bits per heavy atom. The van der Waals surface area contributed by atoms with Crippen LogP contribution in [0.1, 0.15) is 117 Å². The molecule has 3 atom stereocenters. The van der Waals surface area contributed by atoms with Crippen LogP contribution >= 0.6 is 7.82 Å². The Bertz CT molecular complexity index is 1360. The molecule has 0 aromatic rings. The number of carbonyl (C=O) groups is 2. The van der Waals surface area contributed by atoms with Crippen LogP contribution in [0.3, 0.4) is 0 Å².